The van der Waals surface area contributed by atoms with Crippen molar-refractivity contribution in [2.24, 2.45) is 5.73 Å². The van der Waals surface area contributed by atoms with Gasteiger partial charge in [-0.05, 0) is 56.2 Å². The number of aromatic nitrogens is 1. The number of likely N-dealkylation sites (tertiary alicyclic amines) is 1. The van der Waals surface area contributed by atoms with Crippen molar-refractivity contribution < 1.29 is 18.7 Å². The molecule has 2 heterocycles. The molecule has 1 unspecified atom stereocenters. The van der Waals surface area contributed by atoms with Gasteiger partial charge in [0.2, 0.25) is 0 Å². The summed E-state index contributed by atoms with van der Waals surface area (Å²) in [6, 6.07) is 15.0. The zero-order chi connectivity index (χ0) is 22.0. The third-order valence-corrected chi connectivity index (χ3v) is 5.69. The molecule has 0 aliphatic carbocycles. The molecule has 2 N–H and O–H groups in total. The summed E-state index contributed by atoms with van der Waals surface area (Å²) < 4.78 is 18.7. The minimum absolute atomic E-state index is 0.0458. The van der Waals surface area contributed by atoms with Gasteiger partial charge in [-0.3, -0.25) is 14.6 Å². The molecule has 2 aromatic carbocycles. The number of hydrogen-bond acceptors (Lipinski definition) is 4. The monoisotopic (exact) mass is 421 g/mol. The molecule has 0 bridgehead atoms. The summed E-state index contributed by atoms with van der Waals surface area (Å²) in [7, 11) is 0. The van der Waals surface area contributed by atoms with Crippen molar-refractivity contribution in [3.8, 4) is 5.75 Å². The SMILES string of the molecule is CC(Oc1ccc(F)cc1)C(=O)N1CCC(c2nc3ccccc3cc2C(N)=O)CC1. The highest BCUT2D eigenvalue weighted by molar-refractivity contribution is 5.97. The first kappa shape index (κ1) is 20.8. The first-order valence-corrected chi connectivity index (χ1v) is 10.3. The summed E-state index contributed by atoms with van der Waals surface area (Å²) in [5.74, 6) is -0.475. The van der Waals surface area contributed by atoms with Gasteiger partial charge in [0, 0.05) is 24.4 Å². The summed E-state index contributed by atoms with van der Waals surface area (Å²) in [4.78, 5) is 31.3. The van der Waals surface area contributed by atoms with E-state index in [-0.39, 0.29) is 17.6 Å². The largest absolute Gasteiger partial charge is 0.481 e. The van der Waals surface area contributed by atoms with E-state index in [1.54, 1.807) is 17.9 Å². The maximum Gasteiger partial charge on any atom is 0.263 e. The third-order valence-electron chi connectivity index (χ3n) is 5.69. The van der Waals surface area contributed by atoms with Crippen LogP contribution in [0.5, 0.6) is 5.75 Å². The summed E-state index contributed by atoms with van der Waals surface area (Å²) in [5.41, 5.74) is 7.59. The smallest absolute Gasteiger partial charge is 0.263 e. The van der Waals surface area contributed by atoms with E-state index in [4.69, 9.17) is 15.5 Å². The Hall–Kier alpha value is -3.48. The first-order valence-electron chi connectivity index (χ1n) is 10.3. The van der Waals surface area contributed by atoms with Crippen molar-refractivity contribution in [1.82, 2.24) is 9.88 Å². The zero-order valence-corrected chi connectivity index (χ0v) is 17.3. The molecule has 7 heteroatoms. The molecule has 1 atom stereocenters. The van der Waals surface area contributed by atoms with Gasteiger partial charge in [-0.2, -0.15) is 0 Å². The standard InChI is InChI=1S/C24H24FN3O3/c1-15(31-19-8-6-18(25)7-9-19)24(30)28-12-10-16(11-13-28)22-20(23(26)29)14-17-4-2-3-5-21(17)27-22/h2-9,14-16H,10-13H2,1H3,(H2,26,29). The van der Waals surface area contributed by atoms with Crippen LogP contribution in [0.1, 0.15) is 41.7 Å². The van der Waals surface area contributed by atoms with E-state index in [0.29, 0.717) is 42.9 Å². The molecular weight excluding hydrogens is 397 g/mol. The number of carbonyl (C=O) groups excluding carboxylic acids is 2. The number of fused-ring (bicyclic) bond motifs is 1. The fraction of sp³-hybridized carbons (Fsp3) is 0.292. The normalized spacial score (nSPS) is 15.6. The lowest BCUT2D eigenvalue weighted by Gasteiger charge is -2.33. The molecule has 1 saturated heterocycles. The van der Waals surface area contributed by atoms with Crippen molar-refractivity contribution in [3.63, 3.8) is 0 Å². The van der Waals surface area contributed by atoms with E-state index in [2.05, 4.69) is 0 Å². The van der Waals surface area contributed by atoms with Crippen molar-refractivity contribution >= 4 is 22.7 Å². The van der Waals surface area contributed by atoms with Crippen LogP contribution < -0.4 is 10.5 Å². The van der Waals surface area contributed by atoms with Crippen molar-refractivity contribution in [1.29, 1.82) is 0 Å². The molecule has 0 saturated carbocycles. The number of pyridine rings is 1. The number of rotatable bonds is 5. The molecule has 3 aromatic rings. The van der Waals surface area contributed by atoms with E-state index < -0.39 is 12.0 Å². The van der Waals surface area contributed by atoms with Crippen LogP contribution in [0.25, 0.3) is 10.9 Å². The van der Waals surface area contributed by atoms with Gasteiger partial charge in [0.15, 0.2) is 6.10 Å². The summed E-state index contributed by atoms with van der Waals surface area (Å²) in [6.45, 7) is 2.76. The number of benzene rings is 2. The Balaban J connectivity index is 1.44. The summed E-state index contributed by atoms with van der Waals surface area (Å²) >= 11 is 0. The number of carbonyl (C=O) groups is 2. The van der Waals surface area contributed by atoms with Gasteiger partial charge in [-0.15, -0.1) is 0 Å². The molecule has 160 valence electrons. The molecule has 1 aliphatic heterocycles. The minimum atomic E-state index is -0.679. The number of nitrogens with zero attached hydrogens (tertiary/aromatic N) is 2. The minimum Gasteiger partial charge on any atom is -0.481 e. The van der Waals surface area contributed by atoms with Crippen LogP contribution in [0.3, 0.4) is 0 Å². The second-order valence-corrected chi connectivity index (χ2v) is 7.79. The lowest BCUT2D eigenvalue weighted by atomic mass is 9.89. The fourth-order valence-electron chi connectivity index (χ4n) is 4.04. The maximum absolute atomic E-state index is 13.0. The van der Waals surface area contributed by atoms with E-state index in [0.717, 1.165) is 10.9 Å². The molecule has 2 amide bonds. The van der Waals surface area contributed by atoms with E-state index in [1.807, 2.05) is 24.3 Å². The highest BCUT2D eigenvalue weighted by atomic mass is 19.1. The van der Waals surface area contributed by atoms with Crippen LogP contribution in [0.15, 0.2) is 54.6 Å². The lowest BCUT2D eigenvalue weighted by Crippen LogP contribution is -2.44. The Kier molecular flexibility index (Phi) is 5.84. The highest BCUT2D eigenvalue weighted by Gasteiger charge is 2.30. The van der Waals surface area contributed by atoms with Crippen LogP contribution in [-0.4, -0.2) is 40.9 Å². The van der Waals surface area contributed by atoms with Crippen LogP contribution in [0.4, 0.5) is 4.39 Å². The first-order chi connectivity index (χ1) is 14.9. The molecule has 1 aliphatic rings. The Morgan fingerprint density at radius 1 is 1.13 bits per heavy atom. The Bertz CT molecular complexity index is 1110. The maximum atomic E-state index is 13.0. The second kappa shape index (κ2) is 8.71. The number of halogens is 1. The summed E-state index contributed by atoms with van der Waals surface area (Å²) in [5, 5.41) is 0.874. The second-order valence-electron chi connectivity index (χ2n) is 7.79. The number of primary amides is 1. The topological polar surface area (TPSA) is 85.5 Å². The number of para-hydroxylation sites is 1. The Morgan fingerprint density at radius 2 is 1.81 bits per heavy atom. The van der Waals surface area contributed by atoms with Gasteiger partial charge in [0.25, 0.3) is 11.8 Å². The number of ether oxygens (including phenoxy) is 1. The zero-order valence-electron chi connectivity index (χ0n) is 17.3. The average molecular weight is 421 g/mol. The van der Waals surface area contributed by atoms with Gasteiger partial charge in [-0.1, -0.05) is 18.2 Å². The summed E-state index contributed by atoms with van der Waals surface area (Å²) in [6.07, 6.45) is 0.684. The van der Waals surface area contributed by atoms with Crippen LogP contribution >= 0.6 is 0 Å². The van der Waals surface area contributed by atoms with Crippen molar-refractivity contribution in [2.75, 3.05) is 13.1 Å². The van der Waals surface area contributed by atoms with Gasteiger partial charge in [-0.25, -0.2) is 4.39 Å². The van der Waals surface area contributed by atoms with Crippen LogP contribution in [0, 0.1) is 5.82 Å². The molecule has 0 spiro atoms. The molecule has 0 radical (unpaired) electrons. The van der Waals surface area contributed by atoms with Gasteiger partial charge in [0.1, 0.15) is 11.6 Å². The Labute approximate surface area is 179 Å². The van der Waals surface area contributed by atoms with Crippen molar-refractivity contribution in [3.05, 3.63) is 71.7 Å². The molecule has 6 nitrogen and oxygen atoms in total. The molecule has 4 rings (SSSR count). The number of hydrogen-bond donors (Lipinski definition) is 1. The van der Waals surface area contributed by atoms with Crippen LogP contribution in [-0.2, 0) is 4.79 Å². The third kappa shape index (κ3) is 4.50. The number of piperidine rings is 1. The van der Waals surface area contributed by atoms with Gasteiger partial charge < -0.3 is 15.4 Å². The predicted octanol–water partition coefficient (Wildman–Crippen LogP) is 3.65. The van der Waals surface area contributed by atoms with E-state index in [1.165, 1.54) is 24.3 Å². The molecule has 1 fully saturated rings. The lowest BCUT2D eigenvalue weighted by molar-refractivity contribution is -0.139. The van der Waals surface area contributed by atoms with Crippen molar-refractivity contribution in [2.45, 2.75) is 31.8 Å². The van der Waals surface area contributed by atoms with E-state index >= 15 is 0 Å². The highest BCUT2D eigenvalue weighted by Crippen LogP contribution is 2.31. The number of amides is 2. The average Bonchev–Trinajstić information content (AvgIpc) is 2.79. The quantitative estimate of drug-likeness (QED) is 0.682. The fourth-order valence-corrected chi connectivity index (χ4v) is 4.04. The van der Waals surface area contributed by atoms with E-state index in [9.17, 15) is 14.0 Å². The van der Waals surface area contributed by atoms with Gasteiger partial charge in [0.05, 0.1) is 16.8 Å². The van der Waals surface area contributed by atoms with Gasteiger partial charge >= 0.3 is 0 Å². The molecule has 1 aromatic heterocycles. The number of nitrogens with two attached hydrogens (primary N) is 1. The molecular formula is C24H24FN3O3. The predicted molar refractivity (Wildman–Crippen MR) is 115 cm³/mol. The Morgan fingerprint density at radius 3 is 2.48 bits per heavy atom. The van der Waals surface area contributed by atoms with Crippen LogP contribution in [0.2, 0.25) is 0 Å². The molecule has 31 heavy (non-hydrogen) atoms.